The Morgan fingerprint density at radius 2 is 2.08 bits per heavy atom. The Morgan fingerprint density at radius 1 is 1.25 bits per heavy atom. The van der Waals surface area contributed by atoms with E-state index in [1.54, 1.807) is 6.20 Å². The van der Waals surface area contributed by atoms with Gasteiger partial charge in [-0.1, -0.05) is 6.07 Å². The average Bonchev–Trinajstić information content (AvgIpc) is 3.17. The molecule has 1 unspecified atom stereocenters. The van der Waals surface area contributed by atoms with Gasteiger partial charge in [0.15, 0.2) is 0 Å². The number of aromatic nitrogens is 1. The van der Waals surface area contributed by atoms with Crippen LogP contribution in [0.2, 0.25) is 0 Å². The summed E-state index contributed by atoms with van der Waals surface area (Å²) in [6, 6.07) is 5.78. The summed E-state index contributed by atoms with van der Waals surface area (Å²) in [6.45, 7) is 4.30. The van der Waals surface area contributed by atoms with E-state index in [1.165, 1.54) is 0 Å². The van der Waals surface area contributed by atoms with E-state index < -0.39 is 0 Å². The number of pyridine rings is 1. The van der Waals surface area contributed by atoms with Gasteiger partial charge in [0.05, 0.1) is 6.04 Å². The number of nitrogens with one attached hydrogen (secondary N) is 2. The van der Waals surface area contributed by atoms with Gasteiger partial charge in [0.25, 0.3) is 0 Å². The van der Waals surface area contributed by atoms with E-state index in [2.05, 4.69) is 20.5 Å². The summed E-state index contributed by atoms with van der Waals surface area (Å²) in [7, 11) is 0. The predicted octanol–water partition coefficient (Wildman–Crippen LogP) is -0.0115. The molecule has 2 saturated heterocycles. The number of carbonyl (C=O) groups is 2. The molecule has 1 aromatic rings. The Morgan fingerprint density at radius 3 is 2.75 bits per heavy atom. The first-order chi connectivity index (χ1) is 11.7. The van der Waals surface area contributed by atoms with Crippen molar-refractivity contribution < 1.29 is 9.59 Å². The Labute approximate surface area is 142 Å². The molecule has 0 spiro atoms. The van der Waals surface area contributed by atoms with E-state index in [-0.39, 0.29) is 17.9 Å². The molecule has 0 bridgehead atoms. The smallest absolute Gasteiger partial charge is 0.237 e. The van der Waals surface area contributed by atoms with Crippen LogP contribution in [0.15, 0.2) is 24.4 Å². The summed E-state index contributed by atoms with van der Waals surface area (Å²) in [5.74, 6) is 1.08. The summed E-state index contributed by atoms with van der Waals surface area (Å²) in [4.78, 5) is 32.6. The van der Waals surface area contributed by atoms with E-state index in [4.69, 9.17) is 0 Å². The van der Waals surface area contributed by atoms with Crippen molar-refractivity contribution in [2.45, 2.75) is 25.3 Å². The maximum Gasteiger partial charge on any atom is 0.237 e. The molecule has 24 heavy (non-hydrogen) atoms. The minimum atomic E-state index is -0.0815. The van der Waals surface area contributed by atoms with E-state index in [0.717, 1.165) is 38.3 Å². The molecule has 0 saturated carbocycles. The van der Waals surface area contributed by atoms with Crippen LogP contribution in [0.25, 0.3) is 0 Å². The molecule has 1 aromatic heterocycles. The SMILES string of the molecule is O=C(NCCC(=O)N1CCN(c2ccccn2)CC1)C1CCCN1. The van der Waals surface area contributed by atoms with Crippen molar-refractivity contribution in [1.82, 2.24) is 20.5 Å². The van der Waals surface area contributed by atoms with Gasteiger partial charge in [-0.05, 0) is 31.5 Å². The van der Waals surface area contributed by atoms with Crippen LogP contribution in [0.5, 0.6) is 0 Å². The van der Waals surface area contributed by atoms with Crippen molar-refractivity contribution in [3.05, 3.63) is 24.4 Å². The normalized spacial score (nSPS) is 20.9. The summed E-state index contributed by atoms with van der Waals surface area (Å²) >= 11 is 0. The summed E-state index contributed by atoms with van der Waals surface area (Å²) in [6.07, 6.45) is 4.07. The van der Waals surface area contributed by atoms with Crippen molar-refractivity contribution in [3.63, 3.8) is 0 Å². The van der Waals surface area contributed by atoms with Gasteiger partial charge < -0.3 is 20.4 Å². The van der Waals surface area contributed by atoms with Gasteiger partial charge in [-0.15, -0.1) is 0 Å². The molecule has 3 rings (SSSR count). The zero-order valence-corrected chi connectivity index (χ0v) is 13.9. The fraction of sp³-hybridized carbons (Fsp3) is 0.588. The molecule has 2 N–H and O–H groups in total. The monoisotopic (exact) mass is 331 g/mol. The topological polar surface area (TPSA) is 77.6 Å². The third kappa shape index (κ3) is 4.23. The highest BCUT2D eigenvalue weighted by atomic mass is 16.2. The highest BCUT2D eigenvalue weighted by Crippen LogP contribution is 2.13. The second kappa shape index (κ2) is 8.10. The summed E-state index contributed by atoms with van der Waals surface area (Å²) < 4.78 is 0. The van der Waals surface area contributed by atoms with E-state index in [1.807, 2.05) is 23.1 Å². The number of anilines is 1. The lowest BCUT2D eigenvalue weighted by atomic mass is 10.2. The predicted molar refractivity (Wildman–Crippen MR) is 91.7 cm³/mol. The van der Waals surface area contributed by atoms with Gasteiger partial charge in [-0.25, -0.2) is 4.98 Å². The van der Waals surface area contributed by atoms with Crippen LogP contribution in [0.4, 0.5) is 5.82 Å². The van der Waals surface area contributed by atoms with Crippen molar-refractivity contribution >= 4 is 17.6 Å². The highest BCUT2D eigenvalue weighted by molar-refractivity contribution is 5.83. The van der Waals surface area contributed by atoms with Crippen LogP contribution in [-0.4, -0.2) is 67.0 Å². The maximum atomic E-state index is 12.3. The lowest BCUT2D eigenvalue weighted by Crippen LogP contribution is -2.49. The first-order valence-corrected chi connectivity index (χ1v) is 8.69. The van der Waals surface area contributed by atoms with Crippen LogP contribution < -0.4 is 15.5 Å². The largest absolute Gasteiger partial charge is 0.354 e. The number of hydrogen-bond acceptors (Lipinski definition) is 5. The number of hydrogen-bond donors (Lipinski definition) is 2. The molecule has 0 radical (unpaired) electrons. The Balaban J connectivity index is 1.37. The molecule has 0 aromatic carbocycles. The second-order valence-electron chi connectivity index (χ2n) is 6.25. The Hall–Kier alpha value is -2.15. The van der Waals surface area contributed by atoms with Crippen LogP contribution >= 0.6 is 0 Å². The van der Waals surface area contributed by atoms with Gasteiger partial charge in [-0.2, -0.15) is 0 Å². The molecular formula is C17H25N5O2. The molecule has 0 aliphatic carbocycles. The number of amides is 2. The first-order valence-electron chi connectivity index (χ1n) is 8.69. The van der Waals surface area contributed by atoms with Crippen molar-refractivity contribution in [2.24, 2.45) is 0 Å². The Kier molecular flexibility index (Phi) is 5.63. The number of rotatable bonds is 5. The van der Waals surface area contributed by atoms with Crippen molar-refractivity contribution in [3.8, 4) is 0 Å². The van der Waals surface area contributed by atoms with Crippen LogP contribution in [0.1, 0.15) is 19.3 Å². The first kappa shape index (κ1) is 16.7. The third-order valence-corrected chi connectivity index (χ3v) is 4.62. The zero-order valence-electron chi connectivity index (χ0n) is 13.9. The third-order valence-electron chi connectivity index (χ3n) is 4.62. The molecule has 2 amide bonds. The summed E-state index contributed by atoms with van der Waals surface area (Å²) in [5.41, 5.74) is 0. The quantitative estimate of drug-likeness (QED) is 0.793. The van der Waals surface area contributed by atoms with E-state index in [9.17, 15) is 9.59 Å². The van der Waals surface area contributed by atoms with E-state index >= 15 is 0 Å². The fourth-order valence-electron chi connectivity index (χ4n) is 3.21. The van der Waals surface area contributed by atoms with Crippen LogP contribution in [-0.2, 0) is 9.59 Å². The van der Waals surface area contributed by atoms with Gasteiger partial charge in [-0.3, -0.25) is 9.59 Å². The molecule has 3 heterocycles. The van der Waals surface area contributed by atoms with Gasteiger partial charge in [0.2, 0.25) is 11.8 Å². The molecule has 2 aliphatic heterocycles. The molecule has 2 fully saturated rings. The summed E-state index contributed by atoms with van der Waals surface area (Å²) in [5, 5.41) is 6.02. The minimum absolute atomic E-state index is 0.0141. The number of nitrogens with zero attached hydrogens (tertiary/aromatic N) is 3. The molecule has 7 nitrogen and oxygen atoms in total. The van der Waals surface area contributed by atoms with Gasteiger partial charge in [0.1, 0.15) is 5.82 Å². The maximum absolute atomic E-state index is 12.3. The standard InChI is InChI=1S/C17H25N5O2/c23-16(6-9-20-17(24)14-4-3-8-18-14)22-12-10-21(11-13-22)15-5-1-2-7-19-15/h1-2,5,7,14,18H,3-4,6,8-13H2,(H,20,24). The fourth-order valence-corrected chi connectivity index (χ4v) is 3.21. The van der Waals surface area contributed by atoms with Crippen molar-refractivity contribution in [1.29, 1.82) is 0 Å². The molecule has 2 aliphatic rings. The Bertz CT molecular complexity index is 551. The van der Waals surface area contributed by atoms with Crippen molar-refractivity contribution in [2.75, 3.05) is 44.2 Å². The highest BCUT2D eigenvalue weighted by Gasteiger charge is 2.23. The molecule has 7 heteroatoms. The minimum Gasteiger partial charge on any atom is -0.354 e. The molecule has 1 atom stereocenters. The molecular weight excluding hydrogens is 306 g/mol. The van der Waals surface area contributed by atoms with E-state index in [0.29, 0.717) is 26.1 Å². The number of carbonyl (C=O) groups excluding carboxylic acids is 2. The molecule has 130 valence electrons. The lowest BCUT2D eigenvalue weighted by molar-refractivity contribution is -0.131. The number of piperazine rings is 1. The van der Waals surface area contributed by atoms with Crippen LogP contribution in [0, 0.1) is 0 Å². The lowest BCUT2D eigenvalue weighted by Gasteiger charge is -2.35. The van der Waals surface area contributed by atoms with Gasteiger partial charge >= 0.3 is 0 Å². The van der Waals surface area contributed by atoms with Gasteiger partial charge in [0, 0.05) is 45.3 Å². The van der Waals surface area contributed by atoms with Crippen LogP contribution in [0.3, 0.4) is 0 Å². The second-order valence-corrected chi connectivity index (χ2v) is 6.25. The average molecular weight is 331 g/mol. The zero-order chi connectivity index (χ0) is 16.8.